The second kappa shape index (κ2) is 13.0. The fourth-order valence-corrected chi connectivity index (χ4v) is 4.63. The molecule has 1 fully saturated rings. The molecule has 3 heterocycles. The van der Waals surface area contributed by atoms with Gasteiger partial charge in [-0.25, -0.2) is 24.5 Å². The molecule has 1 saturated heterocycles. The van der Waals surface area contributed by atoms with Crippen molar-refractivity contribution in [2.45, 2.75) is 32.9 Å². The highest BCUT2D eigenvalue weighted by atomic mass is 35.5. The van der Waals surface area contributed by atoms with Crippen molar-refractivity contribution in [2.24, 2.45) is 0 Å². The molecule has 222 valence electrons. The van der Waals surface area contributed by atoms with E-state index in [0.29, 0.717) is 49.5 Å². The molecular formula is C29H34ClN7O5. The predicted octanol–water partition coefficient (Wildman–Crippen LogP) is 3.70. The molecule has 2 amide bonds. The van der Waals surface area contributed by atoms with E-state index in [4.69, 9.17) is 21.4 Å². The highest BCUT2D eigenvalue weighted by Crippen LogP contribution is 2.26. The number of aromatic carboxylic acids is 1. The van der Waals surface area contributed by atoms with Crippen LogP contribution in [0.3, 0.4) is 0 Å². The third-order valence-corrected chi connectivity index (χ3v) is 6.74. The first-order valence-electron chi connectivity index (χ1n) is 13.4. The highest BCUT2D eigenvalue weighted by molar-refractivity contribution is 6.33. The molecule has 1 aliphatic heterocycles. The molecule has 13 heteroatoms. The van der Waals surface area contributed by atoms with Gasteiger partial charge in [0.1, 0.15) is 18.0 Å². The maximum absolute atomic E-state index is 12.5. The first-order valence-corrected chi connectivity index (χ1v) is 13.8. The van der Waals surface area contributed by atoms with E-state index in [9.17, 15) is 14.4 Å². The van der Waals surface area contributed by atoms with Crippen LogP contribution in [0.25, 0.3) is 11.1 Å². The Bertz CT molecular complexity index is 1440. The van der Waals surface area contributed by atoms with Gasteiger partial charge in [-0.05, 0) is 44.0 Å². The van der Waals surface area contributed by atoms with Crippen molar-refractivity contribution in [3.63, 3.8) is 0 Å². The summed E-state index contributed by atoms with van der Waals surface area (Å²) in [6, 6.07) is 9.19. The molecule has 12 nitrogen and oxygen atoms in total. The van der Waals surface area contributed by atoms with Gasteiger partial charge in [0.15, 0.2) is 0 Å². The molecule has 42 heavy (non-hydrogen) atoms. The van der Waals surface area contributed by atoms with Crippen LogP contribution in [0.1, 0.15) is 36.7 Å². The minimum atomic E-state index is -1.07. The van der Waals surface area contributed by atoms with E-state index in [1.165, 1.54) is 12.3 Å². The maximum atomic E-state index is 12.5. The molecule has 1 aromatic carbocycles. The van der Waals surface area contributed by atoms with Crippen LogP contribution in [0.15, 0.2) is 48.9 Å². The number of amides is 2. The van der Waals surface area contributed by atoms with Crippen LogP contribution in [-0.4, -0.2) is 88.3 Å². The van der Waals surface area contributed by atoms with Crippen molar-refractivity contribution in [1.29, 1.82) is 0 Å². The fraction of sp³-hybridized carbons (Fsp3) is 0.379. The molecule has 0 aliphatic carbocycles. The molecule has 0 radical (unpaired) electrons. The van der Waals surface area contributed by atoms with Gasteiger partial charge in [-0.3, -0.25) is 4.79 Å². The summed E-state index contributed by atoms with van der Waals surface area (Å²) in [5.41, 5.74) is 2.10. The summed E-state index contributed by atoms with van der Waals surface area (Å²) in [7, 11) is 1.68. The molecule has 1 aliphatic rings. The number of anilines is 2. The zero-order chi connectivity index (χ0) is 30.4. The Labute approximate surface area is 249 Å². The number of ether oxygens (including phenoxy) is 1. The zero-order valence-corrected chi connectivity index (χ0v) is 24.8. The zero-order valence-electron chi connectivity index (χ0n) is 24.0. The number of hydrogen-bond acceptors (Lipinski definition) is 9. The van der Waals surface area contributed by atoms with Crippen molar-refractivity contribution in [3.8, 4) is 11.1 Å². The number of nitrogens with zero attached hydrogens (tertiary/aromatic N) is 6. The van der Waals surface area contributed by atoms with Crippen molar-refractivity contribution < 1.29 is 24.2 Å². The number of hydrogen-bond donors (Lipinski definition) is 2. The monoisotopic (exact) mass is 595 g/mol. The second-order valence-corrected chi connectivity index (χ2v) is 11.3. The highest BCUT2D eigenvalue weighted by Gasteiger charge is 2.23. The molecule has 0 atom stereocenters. The van der Waals surface area contributed by atoms with Gasteiger partial charge >= 0.3 is 12.1 Å². The van der Waals surface area contributed by atoms with Gasteiger partial charge in [-0.15, -0.1) is 0 Å². The molecule has 0 saturated carbocycles. The Balaban J connectivity index is 1.32. The Kier molecular flexibility index (Phi) is 9.46. The predicted molar refractivity (Wildman–Crippen MR) is 159 cm³/mol. The van der Waals surface area contributed by atoms with Gasteiger partial charge in [-0.2, -0.15) is 0 Å². The number of carboxylic acid groups (broad SMARTS) is 1. The Morgan fingerprint density at radius 2 is 1.67 bits per heavy atom. The number of pyridine rings is 1. The Hall–Kier alpha value is -4.45. The number of carbonyl (C=O) groups is 3. The third kappa shape index (κ3) is 8.06. The van der Waals surface area contributed by atoms with E-state index in [-0.39, 0.29) is 18.0 Å². The van der Waals surface area contributed by atoms with E-state index in [0.717, 1.165) is 16.7 Å². The molecule has 0 unspecified atom stereocenters. The molecule has 0 bridgehead atoms. The number of rotatable bonds is 8. The van der Waals surface area contributed by atoms with Gasteiger partial charge in [0, 0.05) is 63.9 Å². The van der Waals surface area contributed by atoms with E-state index in [2.05, 4.69) is 25.2 Å². The van der Waals surface area contributed by atoms with Crippen molar-refractivity contribution in [1.82, 2.24) is 25.2 Å². The quantitative estimate of drug-likeness (QED) is 0.396. The number of alkyl carbamates (subject to hydrolysis) is 1. The molecule has 0 spiro atoms. The first kappa shape index (κ1) is 30.5. The van der Waals surface area contributed by atoms with Gasteiger partial charge in [0.25, 0.3) is 0 Å². The molecular weight excluding hydrogens is 562 g/mol. The lowest BCUT2D eigenvalue weighted by Gasteiger charge is -2.35. The van der Waals surface area contributed by atoms with Crippen LogP contribution in [0.2, 0.25) is 5.02 Å². The first-order chi connectivity index (χ1) is 19.9. The van der Waals surface area contributed by atoms with E-state index in [1.54, 1.807) is 45.1 Å². The minimum Gasteiger partial charge on any atom is -0.478 e. The SMILES string of the molecule is CN(Cc1cccc(-c2cnc(N3CCN(c4ncc(C(=O)O)cc4Cl)CC3)nc2)c1)C(=O)CNC(=O)OC(C)(C)C. The fourth-order valence-electron chi connectivity index (χ4n) is 4.34. The number of benzene rings is 1. The number of halogens is 1. The summed E-state index contributed by atoms with van der Waals surface area (Å²) in [5, 5.41) is 11.9. The number of aromatic nitrogens is 3. The smallest absolute Gasteiger partial charge is 0.408 e. The van der Waals surface area contributed by atoms with Gasteiger partial charge in [-0.1, -0.05) is 29.8 Å². The molecule has 2 N–H and O–H groups in total. The van der Waals surface area contributed by atoms with Crippen LogP contribution in [0.4, 0.5) is 16.6 Å². The normalized spacial score (nSPS) is 13.5. The average molecular weight is 596 g/mol. The van der Waals surface area contributed by atoms with Gasteiger partial charge in [0.05, 0.1) is 10.6 Å². The summed E-state index contributed by atoms with van der Waals surface area (Å²) in [5.74, 6) is -0.142. The Morgan fingerprint density at radius 3 is 2.29 bits per heavy atom. The molecule has 2 aromatic heterocycles. The van der Waals surface area contributed by atoms with E-state index >= 15 is 0 Å². The summed E-state index contributed by atoms with van der Waals surface area (Å²) < 4.78 is 5.17. The van der Waals surface area contributed by atoms with E-state index in [1.807, 2.05) is 29.2 Å². The summed E-state index contributed by atoms with van der Waals surface area (Å²) >= 11 is 6.29. The van der Waals surface area contributed by atoms with Crippen LogP contribution in [-0.2, 0) is 16.1 Å². The molecule has 4 rings (SSSR count). The van der Waals surface area contributed by atoms with Crippen molar-refractivity contribution in [3.05, 3.63) is 65.1 Å². The largest absolute Gasteiger partial charge is 0.478 e. The van der Waals surface area contributed by atoms with Crippen molar-refractivity contribution in [2.75, 3.05) is 49.6 Å². The Morgan fingerprint density at radius 1 is 1.00 bits per heavy atom. The van der Waals surface area contributed by atoms with Gasteiger partial charge < -0.3 is 29.9 Å². The van der Waals surface area contributed by atoms with Crippen LogP contribution < -0.4 is 15.1 Å². The average Bonchev–Trinajstić information content (AvgIpc) is 2.95. The topological polar surface area (TPSA) is 141 Å². The van der Waals surface area contributed by atoms with E-state index < -0.39 is 17.7 Å². The van der Waals surface area contributed by atoms with Gasteiger partial charge in [0.2, 0.25) is 11.9 Å². The summed E-state index contributed by atoms with van der Waals surface area (Å²) in [6.45, 7) is 8.05. The number of nitrogens with one attached hydrogen (secondary N) is 1. The second-order valence-electron chi connectivity index (χ2n) is 10.9. The maximum Gasteiger partial charge on any atom is 0.408 e. The lowest BCUT2D eigenvalue weighted by atomic mass is 10.1. The van der Waals surface area contributed by atoms with Crippen molar-refractivity contribution >= 4 is 41.3 Å². The number of piperazine rings is 1. The van der Waals surface area contributed by atoms with Crippen LogP contribution in [0, 0.1) is 0 Å². The lowest BCUT2D eigenvalue weighted by Crippen LogP contribution is -2.47. The summed E-state index contributed by atoms with van der Waals surface area (Å²) in [6.07, 6.45) is 4.23. The third-order valence-electron chi connectivity index (χ3n) is 6.46. The lowest BCUT2D eigenvalue weighted by molar-refractivity contribution is -0.129. The molecule has 3 aromatic rings. The minimum absolute atomic E-state index is 0.0505. The number of carbonyl (C=O) groups excluding carboxylic acids is 2. The standard InChI is InChI=1S/C29H34ClN7O5/c1-29(2,3)42-28(41)34-17-24(38)35(4)18-19-6-5-7-20(12-19)22-15-32-27(33-16-22)37-10-8-36(9-11-37)25-23(30)13-21(14-31-25)26(39)40/h5-7,12-16H,8-11,17-18H2,1-4H3,(H,34,41)(H,39,40). The number of carboxylic acids is 1. The van der Waals surface area contributed by atoms with Crippen LogP contribution >= 0.6 is 11.6 Å². The summed E-state index contributed by atoms with van der Waals surface area (Å²) in [4.78, 5) is 54.5. The number of likely N-dealkylation sites (N-methyl/N-ethyl adjacent to an activating group) is 1. The van der Waals surface area contributed by atoms with Crippen LogP contribution in [0.5, 0.6) is 0 Å².